The van der Waals surface area contributed by atoms with Crippen molar-refractivity contribution >= 4 is 16.8 Å². The second kappa shape index (κ2) is 5.91. The molecule has 0 radical (unpaired) electrons. The van der Waals surface area contributed by atoms with E-state index in [0.29, 0.717) is 12.8 Å². The Bertz CT molecular complexity index is 441. The van der Waals surface area contributed by atoms with Gasteiger partial charge in [0.05, 0.1) is 21.3 Å². The first-order chi connectivity index (χ1) is 8.01. The van der Waals surface area contributed by atoms with Crippen LogP contribution in [0.2, 0.25) is 0 Å². The van der Waals surface area contributed by atoms with Crippen LogP contribution in [0.15, 0.2) is 23.1 Å². The molecule has 0 saturated carbocycles. The van der Waals surface area contributed by atoms with Crippen LogP contribution in [0.3, 0.4) is 0 Å². The first kappa shape index (κ1) is 13.8. The van der Waals surface area contributed by atoms with Gasteiger partial charge < -0.3 is 5.11 Å². The van der Waals surface area contributed by atoms with E-state index in [4.69, 9.17) is 5.11 Å². The zero-order chi connectivity index (χ0) is 13.0. The van der Waals surface area contributed by atoms with Crippen molar-refractivity contribution in [3.63, 3.8) is 0 Å². The van der Waals surface area contributed by atoms with E-state index < -0.39 is 22.6 Å². The van der Waals surface area contributed by atoms with Gasteiger partial charge in [-0.3, -0.25) is 4.21 Å². The molecular formula is C12H15FO3S. The summed E-state index contributed by atoms with van der Waals surface area (Å²) in [5, 5.41) is 8.67. The van der Waals surface area contributed by atoms with Gasteiger partial charge in [-0.25, -0.2) is 9.18 Å². The topological polar surface area (TPSA) is 54.4 Å². The first-order valence-electron chi connectivity index (χ1n) is 5.44. The number of benzene rings is 1. The van der Waals surface area contributed by atoms with E-state index in [1.807, 2.05) is 13.8 Å². The van der Waals surface area contributed by atoms with Crippen molar-refractivity contribution in [2.24, 2.45) is 0 Å². The van der Waals surface area contributed by atoms with E-state index in [1.165, 1.54) is 6.07 Å². The van der Waals surface area contributed by atoms with Crippen molar-refractivity contribution in [3.05, 3.63) is 29.6 Å². The summed E-state index contributed by atoms with van der Waals surface area (Å²) in [5.74, 6) is -1.76. The summed E-state index contributed by atoms with van der Waals surface area (Å²) in [7, 11) is -1.50. The number of aromatic carboxylic acids is 1. The van der Waals surface area contributed by atoms with E-state index in [1.54, 1.807) is 0 Å². The minimum absolute atomic E-state index is 0.0152. The maximum atomic E-state index is 13.5. The van der Waals surface area contributed by atoms with Gasteiger partial charge in [-0.05, 0) is 31.0 Å². The molecule has 1 unspecified atom stereocenters. The molecule has 0 spiro atoms. The lowest BCUT2D eigenvalue weighted by Crippen LogP contribution is -2.15. The van der Waals surface area contributed by atoms with Crippen LogP contribution >= 0.6 is 0 Å². The lowest BCUT2D eigenvalue weighted by Gasteiger charge is -2.13. The molecule has 0 aliphatic carbocycles. The minimum Gasteiger partial charge on any atom is -0.478 e. The van der Waals surface area contributed by atoms with Crippen molar-refractivity contribution in [1.82, 2.24) is 0 Å². The Balaban J connectivity index is 3.16. The van der Waals surface area contributed by atoms with Crippen LogP contribution in [0.1, 0.15) is 37.0 Å². The summed E-state index contributed by atoms with van der Waals surface area (Å²) < 4.78 is 25.6. The Hall–Kier alpha value is -1.23. The maximum absolute atomic E-state index is 13.5. The molecule has 0 heterocycles. The Morgan fingerprint density at radius 2 is 2.00 bits per heavy atom. The highest BCUT2D eigenvalue weighted by Gasteiger charge is 2.19. The molecule has 1 atom stereocenters. The molecule has 3 nitrogen and oxygen atoms in total. The number of rotatable bonds is 5. The standard InChI is InChI=1S/C12H15FO3S/c1-3-9(4-2)17(16)11-7-8(12(14)15)5-6-10(11)13/h5-7,9H,3-4H2,1-2H3,(H,14,15). The largest absolute Gasteiger partial charge is 0.478 e. The molecule has 5 heteroatoms. The third kappa shape index (κ3) is 3.12. The lowest BCUT2D eigenvalue weighted by atomic mass is 10.2. The smallest absolute Gasteiger partial charge is 0.335 e. The van der Waals surface area contributed by atoms with Gasteiger partial charge >= 0.3 is 5.97 Å². The van der Waals surface area contributed by atoms with Crippen molar-refractivity contribution < 1.29 is 18.5 Å². The van der Waals surface area contributed by atoms with Crippen LogP contribution in [0.5, 0.6) is 0 Å². The SMILES string of the molecule is CCC(CC)S(=O)c1cc(C(=O)O)ccc1F. The number of carboxylic acids is 1. The Morgan fingerprint density at radius 3 is 2.47 bits per heavy atom. The molecule has 0 bridgehead atoms. The molecular weight excluding hydrogens is 243 g/mol. The second-order valence-electron chi connectivity index (χ2n) is 3.69. The average Bonchev–Trinajstić information content (AvgIpc) is 2.30. The molecule has 0 aliphatic heterocycles. The monoisotopic (exact) mass is 258 g/mol. The molecule has 1 aromatic carbocycles. The van der Waals surface area contributed by atoms with E-state index in [2.05, 4.69) is 0 Å². The van der Waals surface area contributed by atoms with Gasteiger partial charge in [0.2, 0.25) is 0 Å². The molecule has 1 N–H and O–H groups in total. The van der Waals surface area contributed by atoms with E-state index in [-0.39, 0.29) is 15.7 Å². The lowest BCUT2D eigenvalue weighted by molar-refractivity contribution is 0.0696. The van der Waals surface area contributed by atoms with Crippen molar-refractivity contribution in [2.45, 2.75) is 36.8 Å². The summed E-state index contributed by atoms with van der Waals surface area (Å²) in [6.07, 6.45) is 1.33. The van der Waals surface area contributed by atoms with E-state index in [0.717, 1.165) is 12.1 Å². The minimum atomic E-state index is -1.50. The highest BCUT2D eigenvalue weighted by atomic mass is 32.2. The molecule has 0 saturated heterocycles. The normalized spacial score (nSPS) is 12.7. The fraction of sp³-hybridized carbons (Fsp3) is 0.417. The van der Waals surface area contributed by atoms with Gasteiger partial charge in [-0.1, -0.05) is 13.8 Å². The van der Waals surface area contributed by atoms with Crippen LogP contribution in [-0.4, -0.2) is 20.5 Å². The Kier molecular flexibility index (Phi) is 4.81. The molecule has 17 heavy (non-hydrogen) atoms. The molecule has 1 rings (SSSR count). The molecule has 0 amide bonds. The fourth-order valence-electron chi connectivity index (χ4n) is 1.56. The highest BCUT2D eigenvalue weighted by molar-refractivity contribution is 7.85. The zero-order valence-corrected chi connectivity index (χ0v) is 10.6. The Morgan fingerprint density at radius 1 is 1.41 bits per heavy atom. The van der Waals surface area contributed by atoms with Gasteiger partial charge in [0.1, 0.15) is 5.82 Å². The van der Waals surface area contributed by atoms with E-state index in [9.17, 15) is 13.4 Å². The summed E-state index contributed by atoms with van der Waals surface area (Å²) in [6, 6.07) is 3.39. The number of carboxylic acid groups (broad SMARTS) is 1. The summed E-state index contributed by atoms with van der Waals surface area (Å²) in [4.78, 5) is 10.8. The van der Waals surface area contributed by atoms with Crippen molar-refractivity contribution in [3.8, 4) is 0 Å². The second-order valence-corrected chi connectivity index (χ2v) is 5.39. The third-order valence-corrected chi connectivity index (χ3v) is 4.63. The van der Waals surface area contributed by atoms with Crippen LogP contribution in [0.4, 0.5) is 4.39 Å². The number of carbonyl (C=O) groups is 1. The fourth-order valence-corrected chi connectivity index (χ4v) is 3.03. The summed E-state index contributed by atoms with van der Waals surface area (Å²) in [6.45, 7) is 3.76. The third-order valence-electron chi connectivity index (χ3n) is 2.61. The number of hydrogen-bond donors (Lipinski definition) is 1. The Labute approximate surface area is 102 Å². The van der Waals surface area contributed by atoms with Crippen molar-refractivity contribution in [1.29, 1.82) is 0 Å². The molecule has 0 aliphatic rings. The predicted molar refractivity (Wildman–Crippen MR) is 64.1 cm³/mol. The van der Waals surface area contributed by atoms with Crippen LogP contribution in [0, 0.1) is 5.82 Å². The van der Waals surface area contributed by atoms with Gasteiger partial charge in [0, 0.05) is 5.25 Å². The van der Waals surface area contributed by atoms with Gasteiger partial charge in [0.25, 0.3) is 0 Å². The van der Waals surface area contributed by atoms with E-state index >= 15 is 0 Å². The summed E-state index contributed by atoms with van der Waals surface area (Å²) >= 11 is 0. The van der Waals surface area contributed by atoms with Crippen LogP contribution in [-0.2, 0) is 10.8 Å². The van der Waals surface area contributed by atoms with Crippen LogP contribution < -0.4 is 0 Å². The molecule has 0 fully saturated rings. The van der Waals surface area contributed by atoms with Gasteiger partial charge in [-0.2, -0.15) is 0 Å². The highest BCUT2D eigenvalue weighted by Crippen LogP contribution is 2.20. The molecule has 0 aromatic heterocycles. The van der Waals surface area contributed by atoms with Crippen molar-refractivity contribution in [2.75, 3.05) is 0 Å². The van der Waals surface area contributed by atoms with Gasteiger partial charge in [0.15, 0.2) is 0 Å². The number of halogens is 1. The first-order valence-corrected chi connectivity index (χ1v) is 6.65. The average molecular weight is 258 g/mol. The molecule has 94 valence electrons. The van der Waals surface area contributed by atoms with Crippen LogP contribution in [0.25, 0.3) is 0 Å². The zero-order valence-electron chi connectivity index (χ0n) is 9.77. The predicted octanol–water partition coefficient (Wildman–Crippen LogP) is 2.82. The maximum Gasteiger partial charge on any atom is 0.335 e. The molecule has 1 aromatic rings. The summed E-state index contributed by atoms with van der Waals surface area (Å²) in [5.41, 5.74) is -0.0410. The van der Waals surface area contributed by atoms with Gasteiger partial charge in [-0.15, -0.1) is 0 Å². The quantitative estimate of drug-likeness (QED) is 0.883. The number of hydrogen-bond acceptors (Lipinski definition) is 2.